The van der Waals surface area contributed by atoms with Crippen molar-refractivity contribution in [2.45, 2.75) is 49.7 Å². The lowest BCUT2D eigenvalue weighted by Crippen LogP contribution is -2.35. The van der Waals surface area contributed by atoms with E-state index >= 15 is 0 Å². The Hall–Kier alpha value is -1.34. The summed E-state index contributed by atoms with van der Waals surface area (Å²) in [4.78, 5) is 0.361. The van der Waals surface area contributed by atoms with Gasteiger partial charge in [-0.15, -0.1) is 0 Å². The van der Waals surface area contributed by atoms with Gasteiger partial charge in [0.1, 0.15) is 0 Å². The van der Waals surface area contributed by atoms with Crippen LogP contribution < -0.4 is 0 Å². The van der Waals surface area contributed by atoms with E-state index in [2.05, 4.69) is 13.0 Å². The maximum absolute atomic E-state index is 12.8. The van der Waals surface area contributed by atoms with Crippen LogP contribution >= 0.6 is 0 Å². The van der Waals surface area contributed by atoms with Gasteiger partial charge in [0.05, 0.1) is 22.1 Å². The minimum absolute atomic E-state index is 0.361. The van der Waals surface area contributed by atoms with Crippen LogP contribution in [0.5, 0.6) is 0 Å². The molecule has 0 saturated heterocycles. The first-order valence-electron chi connectivity index (χ1n) is 7.19. The molecule has 108 valence electrons. The number of aryl methyl sites for hydroxylation is 1. The smallest absolute Gasteiger partial charge is 0.182 e. The van der Waals surface area contributed by atoms with Crippen molar-refractivity contribution in [3.8, 4) is 6.07 Å². The van der Waals surface area contributed by atoms with Gasteiger partial charge >= 0.3 is 0 Å². The Bertz CT molecular complexity index is 616. The molecule has 4 heteroatoms. The number of benzene rings is 1. The molecule has 0 radical (unpaired) electrons. The summed E-state index contributed by atoms with van der Waals surface area (Å²) in [5, 5.41) is 8.72. The summed E-state index contributed by atoms with van der Waals surface area (Å²) in [7, 11) is -3.41. The van der Waals surface area contributed by atoms with E-state index in [-0.39, 0.29) is 5.92 Å². The average Bonchev–Trinajstić information content (AvgIpc) is 2.46. The second-order valence-electron chi connectivity index (χ2n) is 5.72. The number of nitrogens with zero attached hydrogens (tertiary/aromatic N) is 1. The van der Waals surface area contributed by atoms with Crippen molar-refractivity contribution in [1.29, 1.82) is 5.26 Å². The van der Waals surface area contributed by atoms with Crippen molar-refractivity contribution in [3.63, 3.8) is 0 Å². The molecule has 0 aromatic heterocycles. The Morgan fingerprint density at radius 3 is 2.70 bits per heavy atom. The molecule has 1 aliphatic rings. The van der Waals surface area contributed by atoms with Crippen LogP contribution in [0.25, 0.3) is 0 Å². The van der Waals surface area contributed by atoms with E-state index in [0.29, 0.717) is 23.7 Å². The lowest BCUT2D eigenvalue weighted by atomic mass is 9.81. The van der Waals surface area contributed by atoms with Gasteiger partial charge in [-0.05, 0) is 49.8 Å². The molecule has 0 heterocycles. The fourth-order valence-electron chi connectivity index (χ4n) is 3.04. The third-order valence-electron chi connectivity index (χ3n) is 4.36. The van der Waals surface area contributed by atoms with Crippen LogP contribution in [0.2, 0.25) is 0 Å². The Kier molecular flexibility index (Phi) is 4.49. The van der Waals surface area contributed by atoms with Gasteiger partial charge in [-0.1, -0.05) is 25.5 Å². The molecule has 0 N–H and O–H groups in total. The maximum atomic E-state index is 12.8. The predicted octanol–water partition coefficient (Wildman–Crippen LogP) is 3.49. The van der Waals surface area contributed by atoms with E-state index in [1.165, 1.54) is 0 Å². The number of rotatable bonds is 3. The number of hydrogen-bond donors (Lipinski definition) is 0. The van der Waals surface area contributed by atoms with E-state index in [4.69, 9.17) is 0 Å². The zero-order chi connectivity index (χ0) is 14.8. The average molecular weight is 291 g/mol. The molecule has 2 rings (SSSR count). The Morgan fingerprint density at radius 1 is 1.35 bits per heavy atom. The SMILES string of the molecule is CCC1CCC(C#N)C(S(=O)(=O)c2cccc(C)c2)C1. The minimum Gasteiger partial charge on any atom is -0.223 e. The van der Waals surface area contributed by atoms with Gasteiger partial charge in [0, 0.05) is 0 Å². The van der Waals surface area contributed by atoms with Crippen molar-refractivity contribution in [2.75, 3.05) is 0 Å². The Labute approximate surface area is 121 Å². The molecule has 1 fully saturated rings. The molecule has 3 atom stereocenters. The maximum Gasteiger partial charge on any atom is 0.182 e. The zero-order valence-corrected chi connectivity index (χ0v) is 12.9. The van der Waals surface area contributed by atoms with Crippen LogP contribution in [-0.2, 0) is 9.84 Å². The first kappa shape index (κ1) is 15.1. The standard InChI is InChI=1S/C16H21NO2S/c1-3-13-7-8-14(11-17)16(10-13)20(18,19)15-6-4-5-12(2)9-15/h4-6,9,13-14,16H,3,7-8,10H2,1-2H3. The van der Waals surface area contributed by atoms with E-state index in [1.54, 1.807) is 18.2 Å². The molecule has 1 aromatic rings. The van der Waals surface area contributed by atoms with Crippen molar-refractivity contribution in [2.24, 2.45) is 11.8 Å². The van der Waals surface area contributed by atoms with Gasteiger partial charge in [-0.25, -0.2) is 8.42 Å². The Morgan fingerprint density at radius 2 is 2.10 bits per heavy atom. The quantitative estimate of drug-likeness (QED) is 0.856. The lowest BCUT2D eigenvalue weighted by Gasteiger charge is -2.32. The van der Waals surface area contributed by atoms with Crippen molar-refractivity contribution in [1.82, 2.24) is 0 Å². The molecule has 20 heavy (non-hydrogen) atoms. The van der Waals surface area contributed by atoms with E-state index in [9.17, 15) is 13.7 Å². The molecular formula is C16H21NO2S. The normalized spacial score (nSPS) is 26.9. The summed E-state index contributed by atoms with van der Waals surface area (Å²) in [6.45, 7) is 3.98. The van der Waals surface area contributed by atoms with Crippen LogP contribution in [0.15, 0.2) is 29.2 Å². The third-order valence-corrected chi connectivity index (χ3v) is 6.59. The summed E-state index contributed by atoms with van der Waals surface area (Å²) in [6.07, 6.45) is 3.27. The largest absolute Gasteiger partial charge is 0.223 e. The van der Waals surface area contributed by atoms with Crippen LogP contribution in [0.3, 0.4) is 0 Å². The Balaban J connectivity index is 2.38. The molecule has 0 spiro atoms. The van der Waals surface area contributed by atoms with Crippen molar-refractivity contribution < 1.29 is 8.42 Å². The first-order valence-corrected chi connectivity index (χ1v) is 8.73. The highest BCUT2D eigenvalue weighted by Crippen LogP contribution is 2.37. The summed E-state index contributed by atoms with van der Waals surface area (Å²) in [6, 6.07) is 9.22. The second-order valence-corrected chi connectivity index (χ2v) is 7.89. The van der Waals surface area contributed by atoms with Crippen LogP contribution in [-0.4, -0.2) is 13.7 Å². The fourth-order valence-corrected chi connectivity index (χ4v) is 5.16. The highest BCUT2D eigenvalue weighted by Gasteiger charge is 2.39. The predicted molar refractivity (Wildman–Crippen MR) is 78.9 cm³/mol. The molecule has 0 bridgehead atoms. The molecule has 3 unspecified atom stereocenters. The molecule has 1 aliphatic carbocycles. The molecule has 0 aliphatic heterocycles. The topological polar surface area (TPSA) is 57.9 Å². The van der Waals surface area contributed by atoms with Gasteiger partial charge in [-0.3, -0.25) is 0 Å². The van der Waals surface area contributed by atoms with E-state index < -0.39 is 15.1 Å². The molecule has 0 amide bonds. The highest BCUT2D eigenvalue weighted by atomic mass is 32.2. The van der Waals surface area contributed by atoms with E-state index in [0.717, 1.165) is 18.4 Å². The van der Waals surface area contributed by atoms with Gasteiger partial charge in [0.25, 0.3) is 0 Å². The molecule has 1 aromatic carbocycles. The lowest BCUT2D eigenvalue weighted by molar-refractivity contribution is 0.308. The summed E-state index contributed by atoms with van der Waals surface area (Å²) >= 11 is 0. The third kappa shape index (κ3) is 2.88. The van der Waals surface area contributed by atoms with Gasteiger partial charge in [0.15, 0.2) is 9.84 Å². The van der Waals surface area contributed by atoms with E-state index in [1.807, 2.05) is 13.0 Å². The molecule has 3 nitrogen and oxygen atoms in total. The van der Waals surface area contributed by atoms with Gasteiger partial charge in [0.2, 0.25) is 0 Å². The summed E-state index contributed by atoms with van der Waals surface area (Å²) in [5.74, 6) is 0.0486. The number of nitriles is 1. The molecular weight excluding hydrogens is 270 g/mol. The fraction of sp³-hybridized carbons (Fsp3) is 0.562. The zero-order valence-electron chi connectivity index (χ0n) is 12.0. The van der Waals surface area contributed by atoms with Crippen LogP contribution in [0.1, 0.15) is 38.2 Å². The molecule has 1 saturated carbocycles. The first-order chi connectivity index (χ1) is 9.48. The number of sulfone groups is 1. The monoisotopic (exact) mass is 291 g/mol. The van der Waals surface area contributed by atoms with Crippen LogP contribution in [0, 0.1) is 30.1 Å². The van der Waals surface area contributed by atoms with Crippen molar-refractivity contribution >= 4 is 9.84 Å². The summed E-state index contributed by atoms with van der Waals surface area (Å²) < 4.78 is 25.6. The number of hydrogen-bond acceptors (Lipinski definition) is 3. The van der Waals surface area contributed by atoms with Crippen LogP contribution in [0.4, 0.5) is 0 Å². The van der Waals surface area contributed by atoms with Crippen molar-refractivity contribution in [3.05, 3.63) is 29.8 Å². The minimum atomic E-state index is -3.41. The summed E-state index contributed by atoms with van der Waals surface area (Å²) in [5.41, 5.74) is 0.933. The van der Waals surface area contributed by atoms with Gasteiger partial charge < -0.3 is 0 Å². The highest BCUT2D eigenvalue weighted by molar-refractivity contribution is 7.92. The second kappa shape index (κ2) is 5.97. The van der Waals surface area contributed by atoms with Gasteiger partial charge in [-0.2, -0.15) is 5.26 Å².